The average molecular weight is 413 g/mol. The molecule has 0 fully saturated rings. The fraction of sp³-hybridized carbons (Fsp3) is 0.188. The number of aliphatic hydroxyl groups is 1. The van der Waals surface area contributed by atoms with Gasteiger partial charge in [0.05, 0.1) is 12.2 Å². The van der Waals surface area contributed by atoms with Gasteiger partial charge in [-0.1, -0.05) is 46.3 Å². The topological polar surface area (TPSA) is 40.5 Å². The van der Waals surface area contributed by atoms with Gasteiger partial charge in [0.1, 0.15) is 0 Å². The highest BCUT2D eigenvalue weighted by Crippen LogP contribution is 2.23. The molecule has 0 bridgehead atoms. The van der Waals surface area contributed by atoms with E-state index in [0.29, 0.717) is 18.7 Å². The number of rotatable bonds is 5. The minimum atomic E-state index is -0.110. The van der Waals surface area contributed by atoms with E-state index in [4.69, 9.17) is 0 Å². The molecule has 21 heavy (non-hydrogen) atoms. The predicted octanol–water partition coefficient (Wildman–Crippen LogP) is 3.85. The van der Waals surface area contributed by atoms with Gasteiger partial charge in [0.2, 0.25) is 0 Å². The molecule has 0 aliphatic carbocycles. The second kappa shape index (κ2) is 7.73. The normalized spacial score (nSPS) is 10.4. The Morgan fingerprint density at radius 3 is 2.48 bits per heavy atom. The molecule has 0 heterocycles. The van der Waals surface area contributed by atoms with E-state index in [1.54, 1.807) is 11.0 Å². The molecule has 3 nitrogen and oxygen atoms in total. The Balaban J connectivity index is 2.25. The van der Waals surface area contributed by atoms with Gasteiger partial charge < -0.3 is 10.0 Å². The highest BCUT2D eigenvalue weighted by atomic mass is 79.9. The van der Waals surface area contributed by atoms with Gasteiger partial charge in [-0.3, -0.25) is 4.79 Å². The number of hydrogen-bond donors (Lipinski definition) is 1. The molecule has 2 rings (SSSR count). The van der Waals surface area contributed by atoms with E-state index >= 15 is 0 Å². The quantitative estimate of drug-likeness (QED) is 0.810. The monoisotopic (exact) mass is 411 g/mol. The molecule has 0 aliphatic rings. The number of carbonyl (C=O) groups excluding carboxylic acids is 1. The summed E-state index contributed by atoms with van der Waals surface area (Å²) in [5.41, 5.74) is 1.61. The van der Waals surface area contributed by atoms with E-state index in [0.717, 1.165) is 14.5 Å². The van der Waals surface area contributed by atoms with E-state index in [2.05, 4.69) is 31.9 Å². The molecule has 0 spiro atoms. The summed E-state index contributed by atoms with van der Waals surface area (Å²) in [4.78, 5) is 14.3. The van der Waals surface area contributed by atoms with Crippen LogP contribution in [-0.4, -0.2) is 29.1 Å². The van der Waals surface area contributed by atoms with Crippen molar-refractivity contribution in [2.24, 2.45) is 0 Å². The van der Waals surface area contributed by atoms with Gasteiger partial charge in [-0.05, 0) is 39.7 Å². The third-order valence-corrected chi connectivity index (χ3v) is 4.22. The Bertz CT molecular complexity index is 617. The zero-order chi connectivity index (χ0) is 15.2. The largest absolute Gasteiger partial charge is 0.395 e. The first kappa shape index (κ1) is 16.2. The summed E-state index contributed by atoms with van der Waals surface area (Å²) in [6.45, 7) is 0.704. The average Bonchev–Trinajstić information content (AvgIpc) is 2.49. The van der Waals surface area contributed by atoms with Crippen LogP contribution in [-0.2, 0) is 6.54 Å². The lowest BCUT2D eigenvalue weighted by Gasteiger charge is -2.22. The van der Waals surface area contributed by atoms with Crippen LogP contribution in [0.3, 0.4) is 0 Å². The van der Waals surface area contributed by atoms with Crippen LogP contribution in [0.25, 0.3) is 0 Å². The fourth-order valence-corrected chi connectivity index (χ4v) is 2.79. The van der Waals surface area contributed by atoms with Gasteiger partial charge >= 0.3 is 0 Å². The summed E-state index contributed by atoms with van der Waals surface area (Å²) in [6, 6.07) is 15.2. The van der Waals surface area contributed by atoms with Crippen molar-refractivity contribution in [2.45, 2.75) is 6.54 Å². The summed E-state index contributed by atoms with van der Waals surface area (Å²) in [5.74, 6) is -0.110. The standard InChI is InChI=1S/C16H15Br2NO2/c17-13-6-7-15(18)14(10-13)16(21)19(8-9-20)11-12-4-2-1-3-5-12/h1-7,10,20H,8-9,11H2. The van der Waals surface area contributed by atoms with Gasteiger partial charge in [0.25, 0.3) is 5.91 Å². The molecule has 0 atom stereocenters. The summed E-state index contributed by atoms with van der Waals surface area (Å²) in [5, 5.41) is 9.22. The lowest BCUT2D eigenvalue weighted by molar-refractivity contribution is 0.0707. The van der Waals surface area contributed by atoms with Crippen LogP contribution in [0.15, 0.2) is 57.5 Å². The number of aliphatic hydroxyl groups excluding tert-OH is 1. The maximum absolute atomic E-state index is 12.7. The molecular formula is C16H15Br2NO2. The smallest absolute Gasteiger partial charge is 0.255 e. The zero-order valence-corrected chi connectivity index (χ0v) is 14.5. The number of carbonyl (C=O) groups is 1. The van der Waals surface area contributed by atoms with Gasteiger partial charge in [-0.25, -0.2) is 0 Å². The summed E-state index contributed by atoms with van der Waals surface area (Å²) >= 11 is 6.78. The third-order valence-electron chi connectivity index (χ3n) is 3.03. The molecule has 2 aromatic carbocycles. The second-order valence-electron chi connectivity index (χ2n) is 4.56. The Labute approximate surface area is 140 Å². The molecule has 1 amide bonds. The van der Waals surface area contributed by atoms with Crippen LogP contribution >= 0.6 is 31.9 Å². The Morgan fingerprint density at radius 1 is 1.10 bits per heavy atom. The van der Waals surface area contributed by atoms with Crippen molar-refractivity contribution in [3.8, 4) is 0 Å². The van der Waals surface area contributed by atoms with Crippen molar-refractivity contribution < 1.29 is 9.90 Å². The van der Waals surface area contributed by atoms with E-state index in [9.17, 15) is 9.90 Å². The SMILES string of the molecule is O=C(c1cc(Br)ccc1Br)N(CCO)Cc1ccccc1. The first-order valence-electron chi connectivity index (χ1n) is 6.51. The molecule has 0 saturated carbocycles. The lowest BCUT2D eigenvalue weighted by Crippen LogP contribution is -2.33. The summed E-state index contributed by atoms with van der Waals surface area (Å²) < 4.78 is 1.59. The van der Waals surface area contributed by atoms with Crippen molar-refractivity contribution in [1.29, 1.82) is 0 Å². The molecule has 0 unspecified atom stereocenters. The number of amides is 1. The van der Waals surface area contributed by atoms with Gasteiger partial charge in [0.15, 0.2) is 0 Å². The molecule has 1 N–H and O–H groups in total. The molecule has 110 valence electrons. The zero-order valence-electron chi connectivity index (χ0n) is 11.3. The minimum absolute atomic E-state index is 0.0653. The third kappa shape index (κ3) is 4.40. The number of hydrogen-bond acceptors (Lipinski definition) is 2. The van der Waals surface area contributed by atoms with Crippen molar-refractivity contribution >= 4 is 37.8 Å². The van der Waals surface area contributed by atoms with E-state index < -0.39 is 0 Å². The maximum Gasteiger partial charge on any atom is 0.255 e. The Kier molecular flexibility index (Phi) is 5.96. The number of benzene rings is 2. The van der Waals surface area contributed by atoms with Crippen molar-refractivity contribution in [3.05, 3.63) is 68.6 Å². The first-order valence-corrected chi connectivity index (χ1v) is 8.09. The summed E-state index contributed by atoms with van der Waals surface area (Å²) in [6.07, 6.45) is 0. The molecule has 0 radical (unpaired) electrons. The maximum atomic E-state index is 12.7. The highest BCUT2D eigenvalue weighted by Gasteiger charge is 2.18. The van der Waals surface area contributed by atoms with Crippen LogP contribution in [0.5, 0.6) is 0 Å². The van der Waals surface area contributed by atoms with Gasteiger partial charge in [0, 0.05) is 22.0 Å². The van der Waals surface area contributed by atoms with Gasteiger partial charge in [-0.2, -0.15) is 0 Å². The highest BCUT2D eigenvalue weighted by molar-refractivity contribution is 9.11. The number of nitrogens with zero attached hydrogens (tertiary/aromatic N) is 1. The first-order chi connectivity index (χ1) is 10.1. The lowest BCUT2D eigenvalue weighted by atomic mass is 10.1. The Hall–Kier alpha value is -1.17. The molecule has 0 aliphatic heterocycles. The van der Waals surface area contributed by atoms with Crippen molar-refractivity contribution in [1.82, 2.24) is 4.90 Å². The molecule has 2 aromatic rings. The second-order valence-corrected chi connectivity index (χ2v) is 6.33. The predicted molar refractivity (Wildman–Crippen MR) is 90.1 cm³/mol. The van der Waals surface area contributed by atoms with E-state index in [1.165, 1.54) is 0 Å². The molecule has 5 heteroatoms. The van der Waals surface area contributed by atoms with Gasteiger partial charge in [-0.15, -0.1) is 0 Å². The van der Waals surface area contributed by atoms with Crippen LogP contribution in [0.4, 0.5) is 0 Å². The molecule has 0 aromatic heterocycles. The van der Waals surface area contributed by atoms with Crippen molar-refractivity contribution in [2.75, 3.05) is 13.2 Å². The van der Waals surface area contributed by atoms with E-state index in [-0.39, 0.29) is 12.5 Å². The molecule has 0 saturated heterocycles. The van der Waals surface area contributed by atoms with Crippen molar-refractivity contribution in [3.63, 3.8) is 0 Å². The summed E-state index contributed by atoms with van der Waals surface area (Å²) in [7, 11) is 0. The molecular weight excluding hydrogens is 398 g/mol. The minimum Gasteiger partial charge on any atom is -0.395 e. The van der Waals surface area contributed by atoms with E-state index in [1.807, 2.05) is 42.5 Å². The van der Waals surface area contributed by atoms with Crippen LogP contribution < -0.4 is 0 Å². The number of halogens is 2. The Morgan fingerprint density at radius 2 is 1.81 bits per heavy atom. The van der Waals surface area contributed by atoms with Crippen LogP contribution in [0.2, 0.25) is 0 Å². The fourth-order valence-electron chi connectivity index (χ4n) is 2.01. The van der Waals surface area contributed by atoms with Crippen LogP contribution in [0.1, 0.15) is 15.9 Å². The van der Waals surface area contributed by atoms with Crippen LogP contribution in [0, 0.1) is 0 Å².